The Hall–Kier alpha value is -2.05. The molecule has 0 heterocycles. The molecule has 0 aromatic heterocycles. The van der Waals surface area contributed by atoms with Gasteiger partial charge in [-0.3, -0.25) is 19.6 Å². The monoisotopic (exact) mass is 216 g/mol. The van der Waals surface area contributed by atoms with Crippen LogP contribution in [0, 0.1) is 0 Å². The summed E-state index contributed by atoms with van der Waals surface area (Å²) >= 11 is 0. The summed E-state index contributed by atoms with van der Waals surface area (Å²) in [5, 5.41) is 0. The summed E-state index contributed by atoms with van der Waals surface area (Å²) in [4.78, 5) is 6.00. The molecule has 0 aromatic carbocycles. The molecule has 0 saturated carbocycles. The topological polar surface area (TPSA) is 235 Å². The van der Waals surface area contributed by atoms with E-state index in [0.29, 0.717) is 0 Å². The van der Waals surface area contributed by atoms with Gasteiger partial charge in [-0.05, 0) is 0 Å². The summed E-state index contributed by atoms with van der Waals surface area (Å²) < 4.78 is 0. The molecule has 0 aliphatic heterocycles. The Morgan fingerprint density at radius 2 is 0.385 bits per heavy atom. The SMILES string of the molecule is [N-]=[N+]=[N-].[N-]=[N+]=[N-].[N-]=[N+]=[N-].[N-]=[N+]=[N-].[Ti+4]. The Balaban J connectivity index is -0.0000000213. The standard InChI is InChI=1S/4N3.Ti/c4*1-3-2;/q4*-1;+4. The summed E-state index contributed by atoms with van der Waals surface area (Å²) in [6.45, 7) is 0. The second kappa shape index (κ2) is 209. The summed E-state index contributed by atoms with van der Waals surface area (Å²) in [5.41, 5.74) is 54.0. The van der Waals surface area contributed by atoms with Crippen LogP contribution in [0.1, 0.15) is 0 Å². The van der Waals surface area contributed by atoms with Crippen molar-refractivity contribution in [2.45, 2.75) is 0 Å². The van der Waals surface area contributed by atoms with Gasteiger partial charge in [0.05, 0.1) is 0 Å². The molecule has 64 valence electrons. The molecular weight excluding hydrogens is 216 g/mol. The minimum absolute atomic E-state index is 0. The van der Waals surface area contributed by atoms with Crippen LogP contribution in [-0.2, 0) is 21.7 Å². The molecule has 0 bridgehead atoms. The first-order chi connectivity index (χ1) is 5.66. The van der Waals surface area contributed by atoms with Gasteiger partial charge in [0.15, 0.2) is 0 Å². The largest absolute Gasteiger partial charge is 4.00 e. The summed E-state index contributed by atoms with van der Waals surface area (Å²) in [7, 11) is 0. The maximum atomic E-state index is 6.75. The van der Waals surface area contributed by atoms with Crippen LogP contribution in [0.2, 0.25) is 0 Å². The molecule has 0 N–H and O–H groups in total. The quantitative estimate of drug-likeness (QED) is 0.244. The minimum Gasteiger partial charge on any atom is -0.373 e. The second-order valence-electron chi connectivity index (χ2n) is 0.358. The van der Waals surface area contributed by atoms with Crippen LogP contribution < -0.4 is 0 Å². The first-order valence-corrected chi connectivity index (χ1v) is 1.60. The number of rotatable bonds is 0. The van der Waals surface area contributed by atoms with Crippen molar-refractivity contribution in [2.75, 3.05) is 0 Å². The van der Waals surface area contributed by atoms with Crippen LogP contribution in [0.25, 0.3) is 63.9 Å². The first kappa shape index (κ1) is 30.6. The van der Waals surface area contributed by atoms with E-state index >= 15 is 0 Å². The van der Waals surface area contributed by atoms with E-state index in [1.54, 1.807) is 0 Å². The van der Waals surface area contributed by atoms with E-state index < -0.39 is 0 Å². The Morgan fingerprint density at radius 1 is 0.385 bits per heavy atom. The van der Waals surface area contributed by atoms with E-state index in [9.17, 15) is 0 Å². The molecule has 0 unspecified atom stereocenters. The van der Waals surface area contributed by atoms with Crippen LogP contribution in [0.15, 0.2) is 0 Å². The normalized spacial score (nSPS) is 2.46. The summed E-state index contributed by atoms with van der Waals surface area (Å²) in [5.74, 6) is 0. The Bertz CT molecular complexity index is 137. The third kappa shape index (κ3) is 150. The van der Waals surface area contributed by atoms with Gasteiger partial charge in [0.1, 0.15) is 0 Å². The van der Waals surface area contributed by atoms with Crippen molar-refractivity contribution in [1.29, 1.82) is 0 Å². The minimum atomic E-state index is 0. The van der Waals surface area contributed by atoms with Gasteiger partial charge >= 0.3 is 21.7 Å². The maximum Gasteiger partial charge on any atom is 4.00 e. The fraction of sp³-hybridized carbons (Fsp3) is 0. The molecule has 0 spiro atoms. The summed E-state index contributed by atoms with van der Waals surface area (Å²) in [6, 6.07) is 0. The van der Waals surface area contributed by atoms with Gasteiger partial charge in [-0.25, -0.2) is 0 Å². The summed E-state index contributed by atoms with van der Waals surface area (Å²) in [6.07, 6.45) is 0. The molecule has 13 heavy (non-hydrogen) atoms. The number of hydrogen-bond acceptors (Lipinski definition) is 0. The molecule has 0 aliphatic rings. The Kier molecular flexibility index (Phi) is 492. The van der Waals surface area contributed by atoms with Gasteiger partial charge in [-0.1, -0.05) is 0 Å². The van der Waals surface area contributed by atoms with Gasteiger partial charge in [-0.2, -0.15) is 0 Å². The second-order valence-corrected chi connectivity index (χ2v) is 0.358. The molecule has 0 fully saturated rings. The average Bonchev–Trinajstić information content (AvgIpc) is 1.92. The molecular formula is N12Ti. The van der Waals surface area contributed by atoms with Gasteiger partial charge in [0, 0.05) is 0 Å². The van der Waals surface area contributed by atoms with Gasteiger partial charge in [0.25, 0.3) is 0 Å². The van der Waals surface area contributed by atoms with Crippen molar-refractivity contribution in [3.8, 4) is 0 Å². The van der Waals surface area contributed by atoms with Crippen LogP contribution >= 0.6 is 0 Å². The third-order valence-electron chi connectivity index (χ3n) is 0. The maximum absolute atomic E-state index is 6.75. The molecule has 0 saturated heterocycles. The molecule has 0 radical (unpaired) electrons. The van der Waals surface area contributed by atoms with Crippen molar-refractivity contribution in [3.63, 3.8) is 0 Å². The van der Waals surface area contributed by atoms with Crippen molar-refractivity contribution < 1.29 is 21.7 Å². The molecule has 0 aliphatic carbocycles. The van der Waals surface area contributed by atoms with Gasteiger partial charge < -0.3 is 44.2 Å². The van der Waals surface area contributed by atoms with Gasteiger partial charge in [-0.15, -0.1) is 0 Å². The van der Waals surface area contributed by atoms with E-state index in [2.05, 4.69) is 0 Å². The smallest absolute Gasteiger partial charge is 0.373 e. The van der Waals surface area contributed by atoms with Gasteiger partial charge in [0.2, 0.25) is 0 Å². The molecule has 0 atom stereocenters. The predicted octanol–water partition coefficient (Wildman–Crippen LogP) is 3.46. The predicted molar refractivity (Wildman–Crippen MR) is 40.3 cm³/mol. The number of nitrogens with zero attached hydrogens (tertiary/aromatic N) is 12. The molecule has 0 aromatic rings. The van der Waals surface area contributed by atoms with Crippen LogP contribution in [-0.4, -0.2) is 0 Å². The van der Waals surface area contributed by atoms with Crippen molar-refractivity contribution in [2.24, 2.45) is 0 Å². The average molecular weight is 216 g/mol. The van der Waals surface area contributed by atoms with Crippen LogP contribution in [0.3, 0.4) is 0 Å². The van der Waals surface area contributed by atoms with Crippen LogP contribution in [0.4, 0.5) is 0 Å². The zero-order valence-corrected chi connectivity index (χ0v) is 7.43. The zero-order chi connectivity index (χ0) is 10.8. The van der Waals surface area contributed by atoms with Crippen molar-refractivity contribution >= 4 is 0 Å². The Morgan fingerprint density at radius 3 is 0.385 bits per heavy atom. The molecule has 12 nitrogen and oxygen atoms in total. The van der Waals surface area contributed by atoms with E-state index in [1.165, 1.54) is 19.6 Å². The van der Waals surface area contributed by atoms with Crippen molar-refractivity contribution in [1.82, 2.24) is 0 Å². The Labute approximate surface area is 86.1 Å². The van der Waals surface area contributed by atoms with E-state index in [0.717, 1.165) is 0 Å². The molecule has 0 amide bonds. The number of hydrogen-bond donors (Lipinski definition) is 0. The molecule has 0 rings (SSSR count). The van der Waals surface area contributed by atoms with Crippen LogP contribution in [0.5, 0.6) is 0 Å². The fourth-order valence-corrected chi connectivity index (χ4v) is 0. The van der Waals surface area contributed by atoms with E-state index in [4.69, 9.17) is 44.2 Å². The van der Waals surface area contributed by atoms with Crippen molar-refractivity contribution in [3.05, 3.63) is 63.9 Å². The zero-order valence-electron chi connectivity index (χ0n) is 5.87. The van der Waals surface area contributed by atoms with E-state index in [-0.39, 0.29) is 21.7 Å². The first-order valence-electron chi connectivity index (χ1n) is 1.60. The molecule has 13 heteroatoms. The van der Waals surface area contributed by atoms with E-state index in [1.807, 2.05) is 0 Å². The fourth-order valence-electron chi connectivity index (χ4n) is 0. The third-order valence-corrected chi connectivity index (χ3v) is 0.